The first-order valence-corrected chi connectivity index (χ1v) is 11.2. The van der Waals surface area contributed by atoms with Crippen LogP contribution in [0.2, 0.25) is 0 Å². The third-order valence-electron chi connectivity index (χ3n) is 4.18. The Kier molecular flexibility index (Phi) is 6.48. The quantitative estimate of drug-likeness (QED) is 0.571. The van der Waals surface area contributed by atoms with Crippen molar-refractivity contribution in [2.75, 3.05) is 20.3 Å². The molecule has 2 N–H and O–H groups in total. The Bertz CT molecular complexity index is 1190. The Morgan fingerprint density at radius 1 is 1.21 bits per heavy atom. The smallest absolute Gasteiger partial charge is 0.279 e. The minimum atomic E-state index is -3.83. The van der Waals surface area contributed by atoms with Crippen LogP contribution >= 0.6 is 11.3 Å². The highest BCUT2D eigenvalue weighted by Gasteiger charge is 2.14. The summed E-state index contributed by atoms with van der Waals surface area (Å²) in [6.45, 7) is 3.36. The predicted molar refractivity (Wildman–Crippen MR) is 111 cm³/mol. The molecule has 154 valence electrons. The summed E-state index contributed by atoms with van der Waals surface area (Å²) in [7, 11) is -2.28. The number of rotatable bonds is 7. The first-order chi connectivity index (χ1) is 13.8. The summed E-state index contributed by atoms with van der Waals surface area (Å²) in [6, 6.07) is 11.3. The van der Waals surface area contributed by atoms with Gasteiger partial charge in [-0.2, -0.15) is 4.99 Å². The molecule has 0 radical (unpaired) electrons. The molecular formula is C19H21N3O5S2. The van der Waals surface area contributed by atoms with E-state index >= 15 is 0 Å². The van der Waals surface area contributed by atoms with Crippen molar-refractivity contribution in [3.8, 4) is 5.75 Å². The fourth-order valence-corrected chi connectivity index (χ4v) is 4.43. The zero-order chi connectivity index (χ0) is 21.0. The van der Waals surface area contributed by atoms with Crippen LogP contribution in [0.15, 0.2) is 52.4 Å². The van der Waals surface area contributed by atoms with Crippen LogP contribution in [-0.4, -0.2) is 39.2 Å². The summed E-state index contributed by atoms with van der Waals surface area (Å²) in [5, 5.41) is 5.23. The highest BCUT2D eigenvalue weighted by atomic mass is 32.2. The van der Waals surface area contributed by atoms with Crippen LogP contribution in [0.25, 0.3) is 10.2 Å². The molecule has 0 aliphatic heterocycles. The molecule has 3 rings (SSSR count). The van der Waals surface area contributed by atoms with Gasteiger partial charge in [-0.25, -0.2) is 13.6 Å². The van der Waals surface area contributed by atoms with E-state index in [0.29, 0.717) is 40.6 Å². The van der Waals surface area contributed by atoms with E-state index in [1.165, 1.54) is 23.5 Å². The number of benzene rings is 2. The van der Waals surface area contributed by atoms with Gasteiger partial charge < -0.3 is 14.0 Å². The van der Waals surface area contributed by atoms with Crippen molar-refractivity contribution in [1.29, 1.82) is 0 Å². The van der Waals surface area contributed by atoms with E-state index in [0.717, 1.165) is 5.52 Å². The van der Waals surface area contributed by atoms with Gasteiger partial charge in [0.1, 0.15) is 5.75 Å². The zero-order valence-corrected chi connectivity index (χ0v) is 17.6. The standard InChI is InChI=1S/C19H21N3O5S2/c1-3-27-11-10-22-16-9-8-15(29(20,24)25)12-17(16)28-19(22)21-18(23)13-4-6-14(26-2)7-5-13/h4-9,12H,3,10-11H2,1-2H3,(H2,20,24,25). The predicted octanol–water partition coefficient (Wildman–Crippen LogP) is 2.14. The summed E-state index contributed by atoms with van der Waals surface area (Å²) in [4.78, 5) is 17.4. The van der Waals surface area contributed by atoms with Crippen molar-refractivity contribution in [1.82, 2.24) is 4.57 Å². The van der Waals surface area contributed by atoms with E-state index < -0.39 is 15.9 Å². The number of nitrogens with zero attached hydrogens (tertiary/aromatic N) is 2. The fourth-order valence-electron chi connectivity index (χ4n) is 2.72. The second kappa shape index (κ2) is 8.87. The molecule has 0 saturated carbocycles. The first-order valence-electron chi connectivity index (χ1n) is 8.80. The van der Waals surface area contributed by atoms with E-state index in [9.17, 15) is 13.2 Å². The molecule has 1 aromatic heterocycles. The average Bonchev–Trinajstić information content (AvgIpc) is 3.04. The molecule has 29 heavy (non-hydrogen) atoms. The number of nitrogens with two attached hydrogens (primary N) is 1. The number of aromatic nitrogens is 1. The van der Waals surface area contributed by atoms with Gasteiger partial charge in [-0.05, 0) is 49.4 Å². The van der Waals surface area contributed by atoms with Crippen molar-refractivity contribution in [2.45, 2.75) is 18.4 Å². The number of hydrogen-bond donors (Lipinski definition) is 1. The minimum absolute atomic E-state index is 0.0104. The van der Waals surface area contributed by atoms with Gasteiger partial charge in [0, 0.05) is 18.7 Å². The lowest BCUT2D eigenvalue weighted by Gasteiger charge is -2.06. The number of amides is 1. The van der Waals surface area contributed by atoms with Gasteiger partial charge in [-0.3, -0.25) is 4.79 Å². The maximum Gasteiger partial charge on any atom is 0.279 e. The lowest BCUT2D eigenvalue weighted by Crippen LogP contribution is -2.19. The molecule has 0 atom stereocenters. The third-order valence-corrected chi connectivity index (χ3v) is 6.13. The number of methoxy groups -OCH3 is 1. The molecule has 0 aliphatic carbocycles. The SMILES string of the molecule is CCOCCn1c(=NC(=O)c2ccc(OC)cc2)sc2cc(S(N)(=O)=O)ccc21. The van der Waals surface area contributed by atoms with E-state index in [2.05, 4.69) is 4.99 Å². The number of hydrogen-bond acceptors (Lipinski definition) is 6. The van der Waals surface area contributed by atoms with Gasteiger partial charge in [0.2, 0.25) is 10.0 Å². The average molecular weight is 436 g/mol. The maximum absolute atomic E-state index is 12.6. The van der Waals surface area contributed by atoms with Crippen molar-refractivity contribution < 1.29 is 22.7 Å². The van der Waals surface area contributed by atoms with E-state index in [1.807, 2.05) is 11.5 Å². The largest absolute Gasteiger partial charge is 0.497 e. The second-order valence-corrected chi connectivity index (χ2v) is 8.62. The lowest BCUT2D eigenvalue weighted by molar-refractivity contribution is 0.0996. The molecule has 1 amide bonds. The third kappa shape index (κ3) is 4.91. The van der Waals surface area contributed by atoms with E-state index in [1.54, 1.807) is 37.4 Å². The molecule has 2 aromatic carbocycles. The lowest BCUT2D eigenvalue weighted by atomic mass is 10.2. The minimum Gasteiger partial charge on any atom is -0.497 e. The van der Waals surface area contributed by atoms with Gasteiger partial charge in [0.25, 0.3) is 5.91 Å². The van der Waals surface area contributed by atoms with Crippen LogP contribution < -0.4 is 14.7 Å². The summed E-state index contributed by atoms with van der Waals surface area (Å²) >= 11 is 1.22. The summed E-state index contributed by atoms with van der Waals surface area (Å²) < 4.78 is 36.4. The van der Waals surface area contributed by atoms with Crippen molar-refractivity contribution >= 4 is 37.5 Å². The van der Waals surface area contributed by atoms with Crippen LogP contribution in [0.3, 0.4) is 0 Å². The topological polar surface area (TPSA) is 113 Å². The van der Waals surface area contributed by atoms with Crippen molar-refractivity contribution in [3.63, 3.8) is 0 Å². The Balaban J connectivity index is 2.08. The number of fused-ring (bicyclic) bond motifs is 1. The number of ether oxygens (including phenoxy) is 2. The normalized spacial score (nSPS) is 12.4. The number of sulfonamides is 1. The molecule has 0 saturated heterocycles. The number of thiazole rings is 1. The maximum atomic E-state index is 12.6. The Labute approximate surface area is 172 Å². The van der Waals surface area contributed by atoms with Gasteiger partial charge in [0.05, 0.1) is 28.8 Å². The summed E-state index contributed by atoms with van der Waals surface area (Å²) in [5.41, 5.74) is 1.17. The Morgan fingerprint density at radius 2 is 1.93 bits per heavy atom. The highest BCUT2D eigenvalue weighted by molar-refractivity contribution is 7.89. The van der Waals surface area contributed by atoms with Crippen LogP contribution in [-0.2, 0) is 21.3 Å². The Hall–Kier alpha value is -2.53. The van der Waals surface area contributed by atoms with Crippen LogP contribution in [0.1, 0.15) is 17.3 Å². The number of carbonyl (C=O) groups is 1. The van der Waals surface area contributed by atoms with Crippen LogP contribution in [0, 0.1) is 0 Å². The summed E-state index contributed by atoms with van der Waals surface area (Å²) in [6.07, 6.45) is 0. The molecule has 0 bridgehead atoms. The van der Waals surface area contributed by atoms with Gasteiger partial charge >= 0.3 is 0 Å². The molecule has 1 heterocycles. The molecule has 0 unspecified atom stereocenters. The first kappa shape index (κ1) is 21.2. The number of carbonyl (C=O) groups excluding carboxylic acids is 1. The van der Waals surface area contributed by atoms with Gasteiger partial charge in [-0.15, -0.1) is 0 Å². The molecule has 0 spiro atoms. The Morgan fingerprint density at radius 3 is 2.55 bits per heavy atom. The van der Waals surface area contributed by atoms with E-state index in [-0.39, 0.29) is 4.90 Å². The van der Waals surface area contributed by atoms with Crippen LogP contribution in [0.5, 0.6) is 5.75 Å². The number of primary sulfonamides is 1. The van der Waals surface area contributed by atoms with Crippen molar-refractivity contribution in [2.24, 2.45) is 10.1 Å². The molecule has 3 aromatic rings. The highest BCUT2D eigenvalue weighted by Crippen LogP contribution is 2.21. The summed E-state index contributed by atoms with van der Waals surface area (Å²) in [5.74, 6) is 0.238. The second-order valence-electron chi connectivity index (χ2n) is 6.05. The van der Waals surface area contributed by atoms with Crippen LogP contribution in [0.4, 0.5) is 0 Å². The van der Waals surface area contributed by atoms with E-state index in [4.69, 9.17) is 14.6 Å². The molecule has 8 nitrogen and oxygen atoms in total. The molecular weight excluding hydrogens is 414 g/mol. The monoisotopic (exact) mass is 435 g/mol. The molecule has 0 fully saturated rings. The zero-order valence-electron chi connectivity index (χ0n) is 16.0. The van der Waals surface area contributed by atoms with Gasteiger partial charge in [0.15, 0.2) is 4.80 Å². The molecule has 10 heteroatoms. The van der Waals surface area contributed by atoms with Crippen molar-refractivity contribution in [3.05, 3.63) is 52.8 Å². The fraction of sp³-hybridized carbons (Fsp3) is 0.263. The molecule has 0 aliphatic rings. The van der Waals surface area contributed by atoms with Gasteiger partial charge in [-0.1, -0.05) is 11.3 Å².